The highest BCUT2D eigenvalue weighted by molar-refractivity contribution is 6.26. The lowest BCUT2D eigenvalue weighted by Crippen LogP contribution is -1.96. The summed E-state index contributed by atoms with van der Waals surface area (Å²) in [6, 6.07) is 73.9. The fraction of sp³-hybridized carbons (Fsp3) is 0. The van der Waals surface area contributed by atoms with Crippen LogP contribution in [-0.4, -0.2) is 19.1 Å². The SMILES string of the molecule is c1ccc(-c2cc(-c3ccc4ccc(-n5c6ccccc6c6c5ccc5c7ccccc7n(-c7ccc8ccccc8c7)c56)cc4c3)nc(-c3ccccc3)n2)cc1. The van der Waals surface area contributed by atoms with Gasteiger partial charge in [-0.1, -0.05) is 152 Å². The van der Waals surface area contributed by atoms with E-state index in [0.29, 0.717) is 5.82 Å². The van der Waals surface area contributed by atoms with Gasteiger partial charge in [0.2, 0.25) is 0 Å². The molecule has 0 N–H and O–H groups in total. The largest absolute Gasteiger partial charge is 0.309 e. The van der Waals surface area contributed by atoms with Gasteiger partial charge in [-0.25, -0.2) is 9.97 Å². The summed E-state index contributed by atoms with van der Waals surface area (Å²) in [7, 11) is 0. The first-order valence-corrected chi connectivity index (χ1v) is 19.7. The van der Waals surface area contributed by atoms with Crippen LogP contribution in [0, 0.1) is 0 Å². The molecule has 0 saturated carbocycles. The Morgan fingerprint density at radius 1 is 0.310 bits per heavy atom. The zero-order chi connectivity index (χ0) is 38.2. The van der Waals surface area contributed by atoms with Crippen LogP contribution in [0.15, 0.2) is 206 Å². The Morgan fingerprint density at radius 2 is 0.879 bits per heavy atom. The van der Waals surface area contributed by atoms with E-state index in [1.54, 1.807) is 0 Å². The lowest BCUT2D eigenvalue weighted by molar-refractivity contribution is 1.18. The number of benzene rings is 9. The first-order chi connectivity index (χ1) is 28.7. The number of rotatable bonds is 5. The zero-order valence-electron chi connectivity index (χ0n) is 31.4. The van der Waals surface area contributed by atoms with Gasteiger partial charge in [0.1, 0.15) is 0 Å². The molecule has 4 heteroatoms. The quantitative estimate of drug-likeness (QED) is 0.176. The van der Waals surface area contributed by atoms with Crippen molar-refractivity contribution >= 4 is 65.2 Å². The summed E-state index contributed by atoms with van der Waals surface area (Å²) in [4.78, 5) is 10.2. The van der Waals surface area contributed by atoms with Crippen LogP contribution in [0.4, 0.5) is 0 Å². The molecule has 0 aliphatic rings. The molecule has 0 radical (unpaired) electrons. The summed E-state index contributed by atoms with van der Waals surface area (Å²) in [5.41, 5.74) is 11.9. The summed E-state index contributed by atoms with van der Waals surface area (Å²) in [5.74, 6) is 0.712. The van der Waals surface area contributed by atoms with Crippen molar-refractivity contribution in [1.29, 1.82) is 0 Å². The van der Waals surface area contributed by atoms with Crippen molar-refractivity contribution in [3.05, 3.63) is 206 Å². The Bertz CT molecular complexity index is 3500. The van der Waals surface area contributed by atoms with Gasteiger partial charge in [0.25, 0.3) is 0 Å². The van der Waals surface area contributed by atoms with Crippen LogP contribution in [0.1, 0.15) is 0 Å². The predicted molar refractivity (Wildman–Crippen MR) is 242 cm³/mol. The van der Waals surface area contributed by atoms with E-state index in [1.165, 1.54) is 59.8 Å². The van der Waals surface area contributed by atoms with Crippen LogP contribution in [0.5, 0.6) is 0 Å². The summed E-state index contributed by atoms with van der Waals surface area (Å²) in [6.45, 7) is 0. The van der Waals surface area contributed by atoms with Crippen molar-refractivity contribution in [3.8, 4) is 45.3 Å². The monoisotopic (exact) mass is 738 g/mol. The maximum absolute atomic E-state index is 5.14. The van der Waals surface area contributed by atoms with Gasteiger partial charge in [0.05, 0.1) is 33.5 Å². The van der Waals surface area contributed by atoms with Gasteiger partial charge >= 0.3 is 0 Å². The van der Waals surface area contributed by atoms with E-state index in [9.17, 15) is 0 Å². The van der Waals surface area contributed by atoms with Gasteiger partial charge in [0.15, 0.2) is 5.82 Å². The molecule has 3 heterocycles. The van der Waals surface area contributed by atoms with E-state index in [-0.39, 0.29) is 0 Å². The van der Waals surface area contributed by atoms with Crippen molar-refractivity contribution in [2.75, 3.05) is 0 Å². The Hall–Kier alpha value is -7.82. The molecule has 58 heavy (non-hydrogen) atoms. The Labute approximate surface area is 334 Å². The summed E-state index contributed by atoms with van der Waals surface area (Å²) < 4.78 is 4.91. The van der Waals surface area contributed by atoms with E-state index >= 15 is 0 Å². The van der Waals surface area contributed by atoms with Gasteiger partial charge in [0, 0.05) is 49.6 Å². The Kier molecular flexibility index (Phi) is 7.20. The fourth-order valence-electron chi connectivity index (χ4n) is 8.97. The van der Waals surface area contributed by atoms with Crippen molar-refractivity contribution in [3.63, 3.8) is 0 Å². The molecule has 3 aromatic heterocycles. The molecule has 0 amide bonds. The molecule has 0 spiro atoms. The molecule has 0 unspecified atom stereocenters. The molecule has 9 aromatic carbocycles. The Morgan fingerprint density at radius 3 is 1.66 bits per heavy atom. The first kappa shape index (κ1) is 32.4. The number of hydrogen-bond acceptors (Lipinski definition) is 2. The zero-order valence-corrected chi connectivity index (χ0v) is 31.4. The lowest BCUT2D eigenvalue weighted by atomic mass is 10.0. The number of hydrogen-bond donors (Lipinski definition) is 0. The van der Waals surface area contributed by atoms with Crippen LogP contribution in [0.3, 0.4) is 0 Å². The van der Waals surface area contributed by atoms with Crippen molar-refractivity contribution in [2.24, 2.45) is 0 Å². The van der Waals surface area contributed by atoms with E-state index in [2.05, 4.69) is 191 Å². The lowest BCUT2D eigenvalue weighted by Gasteiger charge is -2.12. The molecule has 0 fully saturated rings. The number of para-hydroxylation sites is 2. The Balaban J connectivity index is 1.07. The molecule has 0 bridgehead atoms. The molecule has 0 aliphatic carbocycles. The first-order valence-electron chi connectivity index (χ1n) is 19.7. The standard InChI is InChI=1S/C54H34N4/c1-3-14-37(15-4-1)47-34-48(56-54(55-47)38-16-5-2-6-17-38)40-24-23-36-26-27-42(33-41(36)31-40)57-50-22-12-10-20-46(50)52-51(57)30-29-45-44-19-9-11-21-49(44)58(53(45)52)43-28-25-35-13-7-8-18-39(35)32-43/h1-34H. The van der Waals surface area contributed by atoms with Crippen LogP contribution in [0.2, 0.25) is 0 Å². The topological polar surface area (TPSA) is 35.6 Å². The average molecular weight is 739 g/mol. The van der Waals surface area contributed by atoms with Crippen LogP contribution in [-0.2, 0) is 0 Å². The smallest absolute Gasteiger partial charge is 0.160 e. The van der Waals surface area contributed by atoms with Gasteiger partial charge in [-0.2, -0.15) is 0 Å². The minimum absolute atomic E-state index is 0.712. The molecule has 0 aliphatic heterocycles. The molecule has 270 valence electrons. The molecule has 0 saturated heterocycles. The van der Waals surface area contributed by atoms with Gasteiger partial charge in [-0.3, -0.25) is 0 Å². The minimum Gasteiger partial charge on any atom is -0.309 e. The van der Waals surface area contributed by atoms with E-state index in [1.807, 2.05) is 24.3 Å². The van der Waals surface area contributed by atoms with Crippen LogP contribution >= 0.6 is 0 Å². The predicted octanol–water partition coefficient (Wildman–Crippen LogP) is 14.0. The molecular formula is C54H34N4. The average Bonchev–Trinajstić information content (AvgIpc) is 3.82. The fourth-order valence-corrected chi connectivity index (χ4v) is 8.97. The molecule has 0 atom stereocenters. The van der Waals surface area contributed by atoms with Crippen molar-refractivity contribution < 1.29 is 0 Å². The van der Waals surface area contributed by atoms with Gasteiger partial charge < -0.3 is 9.13 Å². The van der Waals surface area contributed by atoms with Crippen LogP contribution in [0.25, 0.3) is 110 Å². The number of nitrogens with zero attached hydrogens (tertiary/aromatic N) is 4. The summed E-state index contributed by atoms with van der Waals surface area (Å²) >= 11 is 0. The van der Waals surface area contributed by atoms with E-state index in [0.717, 1.165) is 44.8 Å². The maximum atomic E-state index is 5.14. The highest BCUT2D eigenvalue weighted by Crippen LogP contribution is 2.42. The molecule has 4 nitrogen and oxygen atoms in total. The van der Waals surface area contributed by atoms with Gasteiger partial charge in [-0.15, -0.1) is 0 Å². The normalized spacial score (nSPS) is 11.8. The van der Waals surface area contributed by atoms with Crippen molar-refractivity contribution in [2.45, 2.75) is 0 Å². The summed E-state index contributed by atoms with van der Waals surface area (Å²) in [5, 5.41) is 9.75. The molecular weight excluding hydrogens is 705 g/mol. The second-order valence-electron chi connectivity index (χ2n) is 15.0. The highest BCUT2D eigenvalue weighted by Gasteiger charge is 2.21. The van der Waals surface area contributed by atoms with Crippen LogP contribution < -0.4 is 0 Å². The van der Waals surface area contributed by atoms with Gasteiger partial charge in [-0.05, 0) is 76.1 Å². The third-order valence-corrected chi connectivity index (χ3v) is 11.7. The second-order valence-corrected chi connectivity index (χ2v) is 15.0. The number of fused-ring (bicyclic) bond motifs is 9. The van der Waals surface area contributed by atoms with Crippen molar-refractivity contribution in [1.82, 2.24) is 19.1 Å². The highest BCUT2D eigenvalue weighted by atomic mass is 15.0. The second kappa shape index (κ2) is 12.9. The molecule has 12 rings (SSSR count). The maximum Gasteiger partial charge on any atom is 0.160 e. The third kappa shape index (κ3) is 5.09. The molecule has 12 aromatic rings. The van der Waals surface area contributed by atoms with E-state index < -0.39 is 0 Å². The number of aromatic nitrogens is 4. The minimum atomic E-state index is 0.712. The van der Waals surface area contributed by atoms with E-state index in [4.69, 9.17) is 9.97 Å². The third-order valence-electron chi connectivity index (χ3n) is 11.7. The summed E-state index contributed by atoms with van der Waals surface area (Å²) in [6.07, 6.45) is 0.